The fourth-order valence-corrected chi connectivity index (χ4v) is 12.5. The molecule has 10 nitrogen and oxygen atoms in total. The van der Waals surface area contributed by atoms with Crippen LogP contribution in [0.25, 0.3) is 0 Å². The van der Waals surface area contributed by atoms with Gasteiger partial charge in [-0.15, -0.1) is 0 Å². The summed E-state index contributed by atoms with van der Waals surface area (Å²) in [4.78, 5) is 36.1. The number of nitro benzene ring substituents is 1. The van der Waals surface area contributed by atoms with Gasteiger partial charge in [0.05, 0.1) is 43.0 Å². The molecule has 0 fully saturated rings. The molecular weight excluding hydrogens is 655 g/mol. The number of methoxy groups -OCH3 is 2. The van der Waals surface area contributed by atoms with E-state index in [1.165, 1.54) is 30.3 Å². The number of allylic oxidation sites excluding steroid dienone is 1. The highest BCUT2D eigenvalue weighted by molar-refractivity contribution is 6.77. The quantitative estimate of drug-likeness (QED) is 0.0182. The summed E-state index contributed by atoms with van der Waals surface area (Å²) in [5.74, 6) is -0.199. The molecule has 0 N–H and O–H groups in total. The number of hydrogen-bond acceptors (Lipinski definition) is 9. The van der Waals surface area contributed by atoms with Crippen molar-refractivity contribution in [1.29, 1.82) is 0 Å². The summed E-state index contributed by atoms with van der Waals surface area (Å²) in [6.45, 7) is 19.7. The summed E-state index contributed by atoms with van der Waals surface area (Å²) in [5, 5.41) is 11.2. The first kappa shape index (κ1) is 42.5. The van der Waals surface area contributed by atoms with Crippen molar-refractivity contribution in [3.63, 3.8) is 0 Å². The maximum absolute atomic E-state index is 13.6. The summed E-state index contributed by atoms with van der Waals surface area (Å²) < 4.78 is 30.7. The minimum Gasteiger partial charge on any atom is -0.497 e. The van der Waals surface area contributed by atoms with Crippen LogP contribution in [0.2, 0.25) is 16.6 Å². The minimum atomic E-state index is -2.44. The Morgan fingerprint density at radius 1 is 0.880 bits per heavy atom. The lowest BCUT2D eigenvalue weighted by Crippen LogP contribution is -2.51. The van der Waals surface area contributed by atoms with E-state index < -0.39 is 37.5 Å². The molecule has 2 aromatic carbocycles. The van der Waals surface area contributed by atoms with Crippen LogP contribution in [-0.4, -0.2) is 64.6 Å². The molecule has 0 radical (unpaired) electrons. The number of carbonyl (C=O) groups excluding carboxylic acids is 2. The van der Waals surface area contributed by atoms with Gasteiger partial charge in [-0.2, -0.15) is 0 Å². The summed E-state index contributed by atoms with van der Waals surface area (Å²) >= 11 is 0. The molecule has 0 unspecified atom stereocenters. The van der Waals surface area contributed by atoms with Crippen molar-refractivity contribution in [3.05, 3.63) is 93.1 Å². The average Bonchev–Trinajstić information content (AvgIpc) is 3.08. The number of carbonyl (C=O) groups is 2. The molecule has 0 spiro atoms. The van der Waals surface area contributed by atoms with Crippen molar-refractivity contribution in [1.82, 2.24) is 0 Å². The first-order valence-electron chi connectivity index (χ1n) is 17.3. The normalized spacial score (nSPS) is 15.2. The van der Waals surface area contributed by atoms with Crippen molar-refractivity contribution in [2.24, 2.45) is 5.92 Å². The number of nitro groups is 1. The maximum atomic E-state index is 13.6. The molecule has 0 aliphatic rings. The van der Waals surface area contributed by atoms with Crippen molar-refractivity contribution in [2.75, 3.05) is 20.8 Å². The highest BCUT2D eigenvalue weighted by Crippen LogP contribution is 2.44. The SMILES string of the molecule is COc1ccc(COC/C=C(\C)[C@H](OC)[C@@H](C)[C@H](C[C@H](O[Si](C(C)C)(C(C)C)C(C)C)/C(C)=C/C=O)OC(=O)c2ccc([N+](=O)[O-])cc2)cc1. The van der Waals surface area contributed by atoms with E-state index in [4.69, 9.17) is 23.4 Å². The molecule has 4 atom stereocenters. The van der Waals surface area contributed by atoms with Crippen LogP contribution in [0.4, 0.5) is 5.69 Å². The molecule has 0 heterocycles. The zero-order valence-corrected chi connectivity index (χ0v) is 32.6. The van der Waals surface area contributed by atoms with Crippen LogP contribution in [0.15, 0.2) is 71.8 Å². The molecule has 0 amide bonds. The third kappa shape index (κ3) is 11.4. The van der Waals surface area contributed by atoms with E-state index >= 15 is 0 Å². The van der Waals surface area contributed by atoms with Crippen LogP contribution < -0.4 is 4.74 Å². The lowest BCUT2D eigenvalue weighted by Gasteiger charge is -2.45. The molecule has 0 saturated heterocycles. The first-order valence-corrected chi connectivity index (χ1v) is 19.4. The van der Waals surface area contributed by atoms with Gasteiger partial charge in [-0.25, -0.2) is 4.79 Å². The fourth-order valence-electron chi connectivity index (χ4n) is 6.92. The minimum absolute atomic E-state index is 0.124. The Morgan fingerprint density at radius 2 is 1.46 bits per heavy atom. The van der Waals surface area contributed by atoms with E-state index in [2.05, 4.69) is 41.5 Å². The molecule has 0 bridgehead atoms. The van der Waals surface area contributed by atoms with Crippen LogP contribution >= 0.6 is 0 Å². The van der Waals surface area contributed by atoms with Gasteiger partial charge in [0.1, 0.15) is 18.1 Å². The number of hydrogen-bond donors (Lipinski definition) is 0. The molecule has 0 saturated carbocycles. The Morgan fingerprint density at radius 3 is 1.94 bits per heavy atom. The number of ether oxygens (including phenoxy) is 4. The summed E-state index contributed by atoms with van der Waals surface area (Å²) in [6.07, 6.45) is 2.83. The van der Waals surface area contributed by atoms with Gasteiger partial charge in [0, 0.05) is 31.6 Å². The topological polar surface area (TPSA) is 123 Å². The fraction of sp³-hybridized carbons (Fsp3) is 0.538. The van der Waals surface area contributed by atoms with Crippen LogP contribution in [0.1, 0.15) is 84.7 Å². The number of nitrogens with zero attached hydrogens (tertiary/aromatic N) is 1. The van der Waals surface area contributed by atoms with Gasteiger partial charge in [0.25, 0.3) is 5.69 Å². The van der Waals surface area contributed by atoms with Gasteiger partial charge in [0.2, 0.25) is 8.32 Å². The second-order valence-electron chi connectivity index (χ2n) is 13.8. The smallest absolute Gasteiger partial charge is 0.338 e. The zero-order valence-electron chi connectivity index (χ0n) is 31.6. The van der Waals surface area contributed by atoms with E-state index in [-0.39, 0.29) is 40.2 Å². The summed E-state index contributed by atoms with van der Waals surface area (Å²) in [7, 11) is 0.798. The van der Waals surface area contributed by atoms with Gasteiger partial charge in [-0.3, -0.25) is 14.9 Å². The van der Waals surface area contributed by atoms with Gasteiger partial charge >= 0.3 is 5.97 Å². The Balaban J connectivity index is 2.47. The average molecular weight is 712 g/mol. The van der Waals surface area contributed by atoms with E-state index in [9.17, 15) is 19.7 Å². The third-order valence-corrected chi connectivity index (χ3v) is 15.7. The molecule has 276 valence electrons. The van der Waals surface area contributed by atoms with E-state index in [0.717, 1.165) is 28.7 Å². The van der Waals surface area contributed by atoms with Crippen molar-refractivity contribution in [3.8, 4) is 5.75 Å². The Kier molecular flexibility index (Phi) is 17.2. The van der Waals surface area contributed by atoms with Gasteiger partial charge in [-0.1, -0.05) is 66.7 Å². The lowest BCUT2D eigenvalue weighted by atomic mass is 9.88. The molecule has 2 aromatic rings. The van der Waals surface area contributed by atoms with Crippen LogP contribution in [0.3, 0.4) is 0 Å². The Labute approximate surface area is 299 Å². The van der Waals surface area contributed by atoms with Crippen molar-refractivity contribution in [2.45, 2.75) is 110 Å². The van der Waals surface area contributed by atoms with Gasteiger partial charge in [-0.05, 0) is 77.5 Å². The number of rotatable bonds is 21. The first-order chi connectivity index (χ1) is 23.6. The Bertz CT molecular complexity index is 1410. The van der Waals surface area contributed by atoms with Crippen LogP contribution in [0, 0.1) is 16.0 Å². The highest BCUT2D eigenvalue weighted by Gasteiger charge is 2.47. The van der Waals surface area contributed by atoms with Gasteiger partial charge < -0.3 is 23.4 Å². The molecule has 0 aliphatic carbocycles. The zero-order chi connectivity index (χ0) is 37.6. The number of esters is 1. The third-order valence-electron chi connectivity index (χ3n) is 9.63. The second-order valence-corrected chi connectivity index (χ2v) is 19.2. The number of benzene rings is 2. The molecular formula is C39H57NO9Si. The molecule has 2 rings (SSSR count). The highest BCUT2D eigenvalue weighted by atomic mass is 28.4. The van der Waals surface area contributed by atoms with Crippen LogP contribution in [0.5, 0.6) is 5.75 Å². The molecule has 0 aliphatic heterocycles. The molecule has 50 heavy (non-hydrogen) atoms. The predicted molar refractivity (Wildman–Crippen MR) is 199 cm³/mol. The Hall–Kier alpha value is -3.64. The maximum Gasteiger partial charge on any atom is 0.338 e. The largest absolute Gasteiger partial charge is 0.497 e. The monoisotopic (exact) mass is 711 g/mol. The number of aldehydes is 1. The standard InChI is InChI=1S/C39H57NO9Si/c1-26(2)50(27(3)4,28(5)6)49-36(29(7)20-22-41)24-37(48-39(42)33-14-16-34(17-15-33)40(43)44)31(9)38(46-11)30(8)21-23-47-25-32-12-18-35(45-10)19-13-32/h12-22,26-28,31,36-38H,23-25H2,1-11H3/b29-20+,30-21+/t31-,36-,37-,38-/m0/s1. The molecule has 11 heteroatoms. The van der Waals surface area contributed by atoms with Crippen molar-refractivity contribution >= 4 is 26.3 Å². The van der Waals surface area contributed by atoms with Gasteiger partial charge in [0.15, 0.2) is 0 Å². The summed E-state index contributed by atoms with van der Waals surface area (Å²) in [5.41, 5.74) is 3.57. The molecule has 0 aromatic heterocycles. The van der Waals surface area contributed by atoms with Crippen molar-refractivity contribution < 1.29 is 37.9 Å². The lowest BCUT2D eigenvalue weighted by molar-refractivity contribution is -0.384. The predicted octanol–water partition coefficient (Wildman–Crippen LogP) is 9.04. The second kappa shape index (κ2) is 20.3. The van der Waals surface area contributed by atoms with E-state index in [1.807, 2.05) is 51.1 Å². The van der Waals surface area contributed by atoms with E-state index in [0.29, 0.717) is 13.2 Å². The number of non-ortho nitro benzene ring substituents is 1. The van der Waals surface area contributed by atoms with Crippen LogP contribution in [-0.2, 0) is 30.0 Å². The summed E-state index contributed by atoms with van der Waals surface area (Å²) in [6, 6.07) is 13.0. The van der Waals surface area contributed by atoms with E-state index in [1.54, 1.807) is 14.2 Å².